The van der Waals surface area contributed by atoms with Crippen molar-refractivity contribution in [1.29, 1.82) is 0 Å². The molecule has 1 saturated heterocycles. The van der Waals surface area contributed by atoms with E-state index in [4.69, 9.17) is 4.74 Å². The molecule has 230 valence electrons. The molecule has 1 fully saturated rings. The number of hydrogen-bond donors (Lipinski definition) is 2. The molecule has 5 rings (SSSR count). The zero-order chi connectivity index (χ0) is 31.3. The number of nitrogens with zero attached hydrogens (tertiary/aromatic N) is 4. The number of aryl methyl sites for hydroxylation is 1. The molecule has 0 unspecified atom stereocenters. The van der Waals surface area contributed by atoms with Gasteiger partial charge in [0.05, 0.1) is 13.3 Å². The number of alkyl halides is 3. The fourth-order valence-electron chi connectivity index (χ4n) is 4.84. The van der Waals surface area contributed by atoms with Gasteiger partial charge in [0, 0.05) is 55.2 Å². The highest BCUT2D eigenvalue weighted by atomic mass is 19.4. The Morgan fingerprint density at radius 1 is 0.977 bits per heavy atom. The number of piperazine rings is 1. The number of carbonyl (C=O) groups is 1. The molecule has 0 saturated carbocycles. The molecule has 0 spiro atoms. The average Bonchev–Trinajstić information content (AvgIpc) is 3.00. The van der Waals surface area contributed by atoms with Crippen LogP contribution in [-0.2, 0) is 6.54 Å². The Morgan fingerprint density at radius 2 is 1.70 bits per heavy atom. The fourth-order valence-corrected chi connectivity index (χ4v) is 4.84. The highest BCUT2D eigenvalue weighted by Gasteiger charge is 2.32. The highest BCUT2D eigenvalue weighted by Crippen LogP contribution is 2.37. The van der Waals surface area contributed by atoms with Crippen molar-refractivity contribution in [1.82, 2.24) is 19.8 Å². The van der Waals surface area contributed by atoms with Crippen LogP contribution in [0, 0.1) is 6.92 Å². The van der Waals surface area contributed by atoms with E-state index in [0.29, 0.717) is 11.3 Å². The second-order valence-electron chi connectivity index (χ2n) is 10.5. The van der Waals surface area contributed by atoms with Gasteiger partial charge in [0.15, 0.2) is 5.75 Å². The van der Waals surface area contributed by atoms with E-state index in [0.717, 1.165) is 49.5 Å². The van der Waals surface area contributed by atoms with E-state index in [1.165, 1.54) is 31.5 Å². The number of anilines is 3. The molecule has 1 aliphatic heterocycles. The van der Waals surface area contributed by atoms with Crippen molar-refractivity contribution in [2.75, 3.05) is 51.0 Å². The first kappa shape index (κ1) is 30.8. The summed E-state index contributed by atoms with van der Waals surface area (Å²) in [6, 6.07) is 18.5. The third-order valence-electron chi connectivity index (χ3n) is 7.30. The van der Waals surface area contributed by atoms with Crippen LogP contribution in [0.4, 0.5) is 30.5 Å². The van der Waals surface area contributed by atoms with Gasteiger partial charge in [0.2, 0.25) is 5.95 Å². The van der Waals surface area contributed by atoms with E-state index < -0.39 is 12.1 Å². The Hall–Kier alpha value is -4.68. The number of nitrogens with one attached hydrogen (secondary N) is 2. The van der Waals surface area contributed by atoms with E-state index in [1.54, 1.807) is 30.3 Å². The SMILES string of the molecule is COc1cnc(Nc2ccc(C(=O)Nc3cc(CN4CCN(C)CC4)ccc3C)cc2)nc1-c1ccccc1OC(F)(F)F. The molecule has 0 bridgehead atoms. The van der Waals surface area contributed by atoms with Crippen molar-refractivity contribution >= 4 is 23.2 Å². The summed E-state index contributed by atoms with van der Waals surface area (Å²) in [6.45, 7) is 6.88. The lowest BCUT2D eigenvalue weighted by Crippen LogP contribution is -2.43. The molecule has 0 radical (unpaired) electrons. The minimum atomic E-state index is -4.88. The molecule has 1 amide bonds. The van der Waals surface area contributed by atoms with Crippen LogP contribution in [0.2, 0.25) is 0 Å². The lowest BCUT2D eigenvalue weighted by atomic mass is 10.1. The number of carbonyl (C=O) groups excluding carboxylic acids is 1. The van der Waals surface area contributed by atoms with Crippen LogP contribution >= 0.6 is 0 Å². The van der Waals surface area contributed by atoms with E-state index in [1.807, 2.05) is 19.1 Å². The Morgan fingerprint density at radius 3 is 2.41 bits per heavy atom. The molecule has 4 aromatic rings. The summed E-state index contributed by atoms with van der Waals surface area (Å²) in [5.74, 6) is -0.379. The minimum Gasteiger partial charge on any atom is -0.493 e. The van der Waals surface area contributed by atoms with Gasteiger partial charge in [0.1, 0.15) is 11.4 Å². The molecular weight excluding hydrogens is 573 g/mol. The lowest BCUT2D eigenvalue weighted by Gasteiger charge is -2.32. The van der Waals surface area contributed by atoms with Crippen molar-refractivity contribution in [3.05, 3.63) is 89.6 Å². The number of hydrogen-bond acceptors (Lipinski definition) is 8. The molecule has 0 atom stereocenters. The smallest absolute Gasteiger partial charge is 0.493 e. The quantitative estimate of drug-likeness (QED) is 0.236. The molecule has 12 heteroatoms. The van der Waals surface area contributed by atoms with Gasteiger partial charge >= 0.3 is 6.36 Å². The molecular formula is C32H33F3N6O3. The van der Waals surface area contributed by atoms with Crippen LogP contribution in [-0.4, -0.2) is 72.4 Å². The maximum atomic E-state index is 13.1. The van der Waals surface area contributed by atoms with Crippen LogP contribution in [0.15, 0.2) is 72.9 Å². The van der Waals surface area contributed by atoms with Crippen molar-refractivity contribution in [3.63, 3.8) is 0 Å². The molecule has 3 aromatic carbocycles. The summed E-state index contributed by atoms with van der Waals surface area (Å²) in [6.07, 6.45) is -3.52. The first-order valence-electron chi connectivity index (χ1n) is 14.0. The number of likely N-dealkylation sites (N-methyl/N-ethyl adjacent to an activating group) is 1. The highest BCUT2D eigenvalue weighted by molar-refractivity contribution is 6.04. The molecule has 44 heavy (non-hydrogen) atoms. The normalized spacial score (nSPS) is 14.2. The standard InChI is InChI=1S/C32H33F3N6O3/c1-21-8-9-22(20-41-16-14-40(2)15-17-41)18-26(21)38-30(42)23-10-12-24(13-11-23)37-31-36-19-28(43-3)29(39-31)25-6-4-5-7-27(25)44-32(33,34)35/h4-13,18-19H,14-17,20H2,1-3H3,(H,38,42)(H,36,37,39). The second kappa shape index (κ2) is 13.3. The lowest BCUT2D eigenvalue weighted by molar-refractivity contribution is -0.274. The number of rotatable bonds is 9. The predicted octanol–water partition coefficient (Wildman–Crippen LogP) is 6.10. The topological polar surface area (TPSA) is 91.8 Å². The first-order valence-corrected chi connectivity index (χ1v) is 14.0. The van der Waals surface area contributed by atoms with Crippen LogP contribution in [0.5, 0.6) is 11.5 Å². The van der Waals surface area contributed by atoms with Crippen LogP contribution in [0.3, 0.4) is 0 Å². The summed E-state index contributed by atoms with van der Waals surface area (Å²) >= 11 is 0. The number of ether oxygens (including phenoxy) is 2. The molecule has 2 heterocycles. The van der Waals surface area contributed by atoms with Crippen molar-refractivity contribution < 1.29 is 27.4 Å². The number of aromatic nitrogens is 2. The molecule has 0 aliphatic carbocycles. The van der Waals surface area contributed by atoms with Crippen molar-refractivity contribution in [2.24, 2.45) is 0 Å². The summed E-state index contributed by atoms with van der Waals surface area (Å²) in [5.41, 5.74) is 4.10. The van der Waals surface area contributed by atoms with Gasteiger partial charge in [-0.05, 0) is 67.6 Å². The van der Waals surface area contributed by atoms with Crippen molar-refractivity contribution in [3.8, 4) is 22.8 Å². The summed E-state index contributed by atoms with van der Waals surface area (Å²) in [5, 5.41) is 6.05. The Balaban J connectivity index is 1.28. The summed E-state index contributed by atoms with van der Waals surface area (Å²) in [7, 11) is 3.50. The Kier molecular flexibility index (Phi) is 9.31. The monoisotopic (exact) mass is 606 g/mol. The number of para-hydroxylation sites is 1. The van der Waals surface area contributed by atoms with Gasteiger partial charge < -0.3 is 25.0 Å². The first-order chi connectivity index (χ1) is 21.1. The van der Waals surface area contributed by atoms with Crippen molar-refractivity contribution in [2.45, 2.75) is 19.8 Å². The van der Waals surface area contributed by atoms with Crippen LogP contribution in [0.1, 0.15) is 21.5 Å². The number of amides is 1. The van der Waals surface area contributed by atoms with Gasteiger partial charge in [0.25, 0.3) is 5.91 Å². The van der Waals surface area contributed by atoms with Gasteiger partial charge in [-0.25, -0.2) is 9.97 Å². The molecule has 9 nitrogen and oxygen atoms in total. The Bertz CT molecular complexity index is 1610. The van der Waals surface area contributed by atoms with E-state index in [9.17, 15) is 18.0 Å². The maximum absolute atomic E-state index is 13.1. The summed E-state index contributed by atoms with van der Waals surface area (Å²) in [4.78, 5) is 26.4. The van der Waals surface area contributed by atoms with Gasteiger partial charge in [-0.1, -0.05) is 24.3 Å². The van der Waals surface area contributed by atoms with Gasteiger partial charge in [-0.15, -0.1) is 13.2 Å². The molecule has 1 aromatic heterocycles. The zero-order valence-electron chi connectivity index (χ0n) is 24.6. The third kappa shape index (κ3) is 7.82. The van der Waals surface area contributed by atoms with E-state index in [-0.39, 0.29) is 28.9 Å². The fraction of sp³-hybridized carbons (Fsp3) is 0.281. The summed E-state index contributed by atoms with van der Waals surface area (Å²) < 4.78 is 48.5. The minimum absolute atomic E-state index is 0.0852. The van der Waals surface area contributed by atoms with Gasteiger partial charge in [-0.2, -0.15) is 0 Å². The number of benzene rings is 3. The number of methoxy groups -OCH3 is 1. The van der Waals surface area contributed by atoms with E-state index in [2.05, 4.69) is 48.3 Å². The number of halogens is 3. The molecule has 1 aliphatic rings. The average molecular weight is 607 g/mol. The predicted molar refractivity (Wildman–Crippen MR) is 162 cm³/mol. The third-order valence-corrected chi connectivity index (χ3v) is 7.30. The second-order valence-corrected chi connectivity index (χ2v) is 10.5. The van der Waals surface area contributed by atoms with E-state index >= 15 is 0 Å². The molecule has 2 N–H and O–H groups in total. The largest absolute Gasteiger partial charge is 0.573 e. The Labute approximate surface area is 253 Å². The zero-order valence-corrected chi connectivity index (χ0v) is 24.6. The van der Waals surface area contributed by atoms with Crippen LogP contribution in [0.25, 0.3) is 11.3 Å². The van der Waals surface area contributed by atoms with Gasteiger partial charge in [-0.3, -0.25) is 9.69 Å². The maximum Gasteiger partial charge on any atom is 0.573 e. The van der Waals surface area contributed by atoms with Crippen LogP contribution < -0.4 is 20.1 Å².